The number of hydrogen-bond acceptors (Lipinski definition) is 3. The predicted molar refractivity (Wildman–Crippen MR) is 60.2 cm³/mol. The second-order valence-corrected chi connectivity index (χ2v) is 4.65. The molecule has 1 amide bonds. The van der Waals surface area contributed by atoms with Crippen molar-refractivity contribution in [1.29, 1.82) is 0 Å². The Kier molecular flexibility index (Phi) is 2.38. The van der Waals surface area contributed by atoms with E-state index in [-0.39, 0.29) is 11.4 Å². The van der Waals surface area contributed by atoms with Crippen molar-refractivity contribution in [3.8, 4) is 0 Å². The number of nitrogens with zero attached hydrogens (tertiary/aromatic N) is 3. The number of fused-ring (bicyclic) bond motifs is 1. The third-order valence-corrected chi connectivity index (χ3v) is 2.01. The van der Waals surface area contributed by atoms with E-state index in [0.717, 1.165) is 0 Å². The average Bonchev–Trinajstić information content (AvgIpc) is 2.58. The Bertz CT molecular complexity index is 524. The van der Waals surface area contributed by atoms with Gasteiger partial charge in [-0.2, -0.15) is 5.10 Å². The Morgan fingerprint density at radius 1 is 1.44 bits per heavy atom. The third-order valence-electron chi connectivity index (χ3n) is 2.01. The standard InChI is InChI=1S/C11H14N4O/c1-11(2,3)14-10(16)8-7-13-15-6-4-5-12-9(8)15/h4-7H,1-3H3,(H,14,16). The van der Waals surface area contributed by atoms with E-state index in [0.29, 0.717) is 11.2 Å². The van der Waals surface area contributed by atoms with Gasteiger partial charge < -0.3 is 5.32 Å². The molecule has 0 spiro atoms. The van der Waals surface area contributed by atoms with Crippen LogP contribution in [0.1, 0.15) is 31.1 Å². The van der Waals surface area contributed by atoms with Gasteiger partial charge in [-0.3, -0.25) is 4.79 Å². The van der Waals surface area contributed by atoms with E-state index in [9.17, 15) is 4.79 Å². The fourth-order valence-electron chi connectivity index (χ4n) is 1.40. The van der Waals surface area contributed by atoms with Crippen molar-refractivity contribution in [2.45, 2.75) is 26.3 Å². The number of carbonyl (C=O) groups excluding carboxylic acids is 1. The zero-order chi connectivity index (χ0) is 11.8. The summed E-state index contributed by atoms with van der Waals surface area (Å²) in [5, 5.41) is 6.94. The summed E-state index contributed by atoms with van der Waals surface area (Å²) >= 11 is 0. The van der Waals surface area contributed by atoms with Crippen molar-refractivity contribution in [2.24, 2.45) is 0 Å². The Labute approximate surface area is 93.5 Å². The molecule has 0 atom stereocenters. The van der Waals surface area contributed by atoms with E-state index >= 15 is 0 Å². The Morgan fingerprint density at radius 3 is 2.88 bits per heavy atom. The molecule has 0 aliphatic heterocycles. The lowest BCUT2D eigenvalue weighted by atomic mass is 10.1. The fourth-order valence-corrected chi connectivity index (χ4v) is 1.40. The lowest BCUT2D eigenvalue weighted by Crippen LogP contribution is -2.40. The maximum atomic E-state index is 11.9. The highest BCUT2D eigenvalue weighted by Gasteiger charge is 2.18. The van der Waals surface area contributed by atoms with E-state index in [1.54, 1.807) is 23.0 Å². The first-order valence-electron chi connectivity index (χ1n) is 5.08. The van der Waals surface area contributed by atoms with Crippen LogP contribution in [0.3, 0.4) is 0 Å². The Hall–Kier alpha value is -1.91. The summed E-state index contributed by atoms with van der Waals surface area (Å²) in [6.07, 6.45) is 4.94. The normalized spacial score (nSPS) is 11.7. The average molecular weight is 218 g/mol. The largest absolute Gasteiger partial charge is 0.347 e. The van der Waals surface area contributed by atoms with Crippen molar-refractivity contribution in [2.75, 3.05) is 0 Å². The van der Waals surface area contributed by atoms with Gasteiger partial charge in [0.15, 0.2) is 5.65 Å². The molecule has 1 N–H and O–H groups in total. The van der Waals surface area contributed by atoms with E-state index < -0.39 is 0 Å². The van der Waals surface area contributed by atoms with Crippen LogP contribution in [0.4, 0.5) is 0 Å². The second kappa shape index (κ2) is 3.59. The van der Waals surface area contributed by atoms with Crippen LogP contribution >= 0.6 is 0 Å². The van der Waals surface area contributed by atoms with Gasteiger partial charge in [-0.05, 0) is 26.8 Å². The predicted octanol–water partition coefficient (Wildman–Crippen LogP) is 1.26. The number of rotatable bonds is 1. The van der Waals surface area contributed by atoms with Crippen LogP contribution in [-0.2, 0) is 0 Å². The summed E-state index contributed by atoms with van der Waals surface area (Å²) in [4.78, 5) is 16.1. The lowest BCUT2D eigenvalue weighted by Gasteiger charge is -2.19. The molecule has 84 valence electrons. The van der Waals surface area contributed by atoms with Crippen molar-refractivity contribution >= 4 is 11.6 Å². The maximum Gasteiger partial charge on any atom is 0.257 e. The quantitative estimate of drug-likeness (QED) is 0.783. The molecule has 2 heterocycles. The molecule has 2 aromatic rings. The number of aromatic nitrogens is 3. The van der Waals surface area contributed by atoms with Crippen LogP contribution in [0.15, 0.2) is 24.7 Å². The molecule has 0 aliphatic carbocycles. The van der Waals surface area contributed by atoms with Gasteiger partial charge in [0.1, 0.15) is 5.56 Å². The van der Waals surface area contributed by atoms with Gasteiger partial charge in [-0.25, -0.2) is 9.50 Å². The number of hydrogen-bond donors (Lipinski definition) is 1. The fraction of sp³-hybridized carbons (Fsp3) is 0.364. The minimum absolute atomic E-state index is 0.152. The van der Waals surface area contributed by atoms with Crippen LogP contribution in [0, 0.1) is 0 Å². The highest BCUT2D eigenvalue weighted by Crippen LogP contribution is 2.09. The molecule has 0 bridgehead atoms. The van der Waals surface area contributed by atoms with Gasteiger partial charge in [0.2, 0.25) is 0 Å². The van der Waals surface area contributed by atoms with E-state index in [1.807, 2.05) is 20.8 Å². The van der Waals surface area contributed by atoms with Gasteiger partial charge in [0.25, 0.3) is 5.91 Å². The summed E-state index contributed by atoms with van der Waals surface area (Å²) in [6.45, 7) is 5.80. The highest BCUT2D eigenvalue weighted by atomic mass is 16.1. The Morgan fingerprint density at radius 2 is 2.19 bits per heavy atom. The molecule has 0 unspecified atom stereocenters. The zero-order valence-electron chi connectivity index (χ0n) is 9.56. The molecule has 0 fully saturated rings. The molecule has 0 radical (unpaired) electrons. The van der Waals surface area contributed by atoms with E-state index in [1.165, 1.54) is 6.20 Å². The maximum absolute atomic E-state index is 11.9. The van der Waals surface area contributed by atoms with Crippen LogP contribution in [0.5, 0.6) is 0 Å². The van der Waals surface area contributed by atoms with Crippen molar-refractivity contribution in [3.63, 3.8) is 0 Å². The van der Waals surface area contributed by atoms with Crippen LogP contribution < -0.4 is 5.32 Å². The van der Waals surface area contributed by atoms with Crippen molar-refractivity contribution < 1.29 is 4.79 Å². The molecular formula is C11H14N4O. The van der Waals surface area contributed by atoms with Gasteiger partial charge in [-0.1, -0.05) is 0 Å². The number of nitrogens with one attached hydrogen (secondary N) is 1. The van der Waals surface area contributed by atoms with Gasteiger partial charge in [0.05, 0.1) is 6.20 Å². The summed E-state index contributed by atoms with van der Waals surface area (Å²) in [5.74, 6) is -0.152. The van der Waals surface area contributed by atoms with Gasteiger partial charge >= 0.3 is 0 Å². The van der Waals surface area contributed by atoms with Crippen LogP contribution in [0.2, 0.25) is 0 Å². The molecule has 5 nitrogen and oxygen atoms in total. The number of amides is 1. The molecule has 2 aromatic heterocycles. The number of carbonyl (C=O) groups is 1. The van der Waals surface area contributed by atoms with Gasteiger partial charge in [0, 0.05) is 17.9 Å². The van der Waals surface area contributed by atoms with Gasteiger partial charge in [-0.15, -0.1) is 0 Å². The highest BCUT2D eigenvalue weighted by molar-refractivity contribution is 5.99. The summed E-state index contributed by atoms with van der Waals surface area (Å²) in [7, 11) is 0. The van der Waals surface area contributed by atoms with E-state index in [2.05, 4.69) is 15.4 Å². The summed E-state index contributed by atoms with van der Waals surface area (Å²) < 4.78 is 1.58. The molecule has 16 heavy (non-hydrogen) atoms. The van der Waals surface area contributed by atoms with Crippen molar-refractivity contribution in [3.05, 3.63) is 30.2 Å². The topological polar surface area (TPSA) is 59.3 Å². The molecule has 5 heteroatoms. The minimum Gasteiger partial charge on any atom is -0.347 e. The molecule has 0 aliphatic rings. The molecule has 0 saturated heterocycles. The Balaban J connectivity index is 2.37. The SMILES string of the molecule is CC(C)(C)NC(=O)c1cnn2cccnc12. The van der Waals surface area contributed by atoms with Crippen LogP contribution in [-0.4, -0.2) is 26.0 Å². The third kappa shape index (κ3) is 2.03. The zero-order valence-corrected chi connectivity index (χ0v) is 9.56. The van der Waals surface area contributed by atoms with E-state index in [4.69, 9.17) is 0 Å². The smallest absolute Gasteiger partial charge is 0.257 e. The molecular weight excluding hydrogens is 204 g/mol. The first kappa shape index (κ1) is 10.6. The first-order valence-corrected chi connectivity index (χ1v) is 5.08. The molecule has 0 aromatic carbocycles. The molecule has 2 rings (SSSR count). The first-order chi connectivity index (χ1) is 7.47. The second-order valence-electron chi connectivity index (χ2n) is 4.65. The minimum atomic E-state index is -0.264. The van der Waals surface area contributed by atoms with Crippen molar-refractivity contribution in [1.82, 2.24) is 19.9 Å². The monoisotopic (exact) mass is 218 g/mol. The lowest BCUT2D eigenvalue weighted by molar-refractivity contribution is 0.0921. The molecule has 0 saturated carbocycles. The summed E-state index contributed by atoms with van der Waals surface area (Å²) in [6, 6.07) is 1.77. The summed E-state index contributed by atoms with van der Waals surface area (Å²) in [5.41, 5.74) is 0.805. The van der Waals surface area contributed by atoms with Crippen LogP contribution in [0.25, 0.3) is 5.65 Å².